The Kier molecular flexibility index (Phi) is 2.30. The maximum atomic E-state index is 12.1. The van der Waals surface area contributed by atoms with E-state index in [-0.39, 0.29) is 0 Å². The average Bonchev–Trinajstić information content (AvgIpc) is 1.95. The Hall–Kier alpha value is -1.10. The molecule has 0 N–H and O–H groups in total. The highest BCUT2D eigenvalue weighted by Gasteiger charge is 2.42. The zero-order chi connectivity index (χ0) is 10.2. The molecule has 1 aliphatic carbocycles. The van der Waals surface area contributed by atoms with Gasteiger partial charge in [0.25, 0.3) is 0 Å². The molecule has 0 amide bonds. The molecule has 0 heterocycles. The highest BCUT2D eigenvalue weighted by Crippen LogP contribution is 2.33. The lowest BCUT2D eigenvalue weighted by atomic mass is 10.0. The van der Waals surface area contributed by atoms with Crippen molar-refractivity contribution in [2.24, 2.45) is 0 Å². The number of halogens is 4. The first kappa shape index (κ1) is 9.98. The molecule has 6 heteroatoms. The molecule has 0 aromatic heterocycles. The molecule has 0 spiro atoms. The third-order valence-corrected chi connectivity index (χ3v) is 1.73. The quantitative estimate of drug-likeness (QED) is 0.571. The van der Waals surface area contributed by atoms with Crippen LogP contribution in [0.2, 0.25) is 0 Å². The standard InChI is InChI=1S/C7H2ClF3O2/c8-6-4(13)2-1-3(12)5(6)7(9,10)11/h1-2H. The Morgan fingerprint density at radius 3 is 1.92 bits per heavy atom. The van der Waals surface area contributed by atoms with Crippen molar-refractivity contribution in [2.75, 3.05) is 0 Å². The van der Waals surface area contributed by atoms with Crippen molar-refractivity contribution in [3.63, 3.8) is 0 Å². The van der Waals surface area contributed by atoms with Crippen LogP contribution in [0.1, 0.15) is 0 Å². The lowest BCUT2D eigenvalue weighted by molar-refractivity contribution is -0.127. The Balaban J connectivity index is 3.26. The van der Waals surface area contributed by atoms with Gasteiger partial charge in [-0.2, -0.15) is 13.2 Å². The fraction of sp³-hybridized carbons (Fsp3) is 0.143. The molecule has 0 aliphatic heterocycles. The van der Waals surface area contributed by atoms with Gasteiger partial charge in [-0.25, -0.2) is 0 Å². The Bertz CT molecular complexity index is 338. The number of carbonyl (C=O) groups is 2. The maximum Gasteiger partial charge on any atom is 0.421 e. The van der Waals surface area contributed by atoms with Gasteiger partial charge in [-0.05, 0) is 12.2 Å². The predicted molar refractivity (Wildman–Crippen MR) is 38.1 cm³/mol. The minimum Gasteiger partial charge on any atom is -0.289 e. The van der Waals surface area contributed by atoms with Gasteiger partial charge in [0.1, 0.15) is 10.6 Å². The number of hydrogen-bond acceptors (Lipinski definition) is 2. The van der Waals surface area contributed by atoms with Crippen LogP contribution >= 0.6 is 11.6 Å². The van der Waals surface area contributed by atoms with Crippen LogP contribution in [0.3, 0.4) is 0 Å². The van der Waals surface area contributed by atoms with Gasteiger partial charge in [0.15, 0.2) is 11.6 Å². The van der Waals surface area contributed by atoms with E-state index in [1.165, 1.54) is 0 Å². The molecule has 0 radical (unpaired) electrons. The van der Waals surface area contributed by atoms with Gasteiger partial charge < -0.3 is 0 Å². The molecular weight excluding hydrogens is 209 g/mol. The van der Waals surface area contributed by atoms with E-state index >= 15 is 0 Å². The predicted octanol–water partition coefficient (Wildman–Crippen LogP) is 1.75. The zero-order valence-electron chi connectivity index (χ0n) is 5.98. The van der Waals surface area contributed by atoms with Crippen molar-refractivity contribution in [3.05, 3.63) is 22.8 Å². The minimum atomic E-state index is -4.88. The SMILES string of the molecule is O=C1C=CC(=O)C(C(F)(F)F)=C1Cl. The smallest absolute Gasteiger partial charge is 0.289 e. The topological polar surface area (TPSA) is 34.1 Å². The first-order valence-electron chi connectivity index (χ1n) is 3.07. The monoisotopic (exact) mass is 210 g/mol. The molecule has 0 aromatic carbocycles. The van der Waals surface area contributed by atoms with Crippen molar-refractivity contribution in [2.45, 2.75) is 6.18 Å². The van der Waals surface area contributed by atoms with Gasteiger partial charge in [0.2, 0.25) is 0 Å². The normalized spacial score (nSPS) is 18.5. The maximum absolute atomic E-state index is 12.1. The fourth-order valence-corrected chi connectivity index (χ4v) is 1.07. The van der Waals surface area contributed by atoms with E-state index in [9.17, 15) is 22.8 Å². The van der Waals surface area contributed by atoms with Gasteiger partial charge in [0, 0.05) is 0 Å². The highest BCUT2D eigenvalue weighted by atomic mass is 35.5. The molecule has 0 unspecified atom stereocenters. The van der Waals surface area contributed by atoms with Crippen LogP contribution < -0.4 is 0 Å². The molecule has 1 aliphatic rings. The summed E-state index contributed by atoms with van der Waals surface area (Å²) in [6.07, 6.45) is -3.62. The summed E-state index contributed by atoms with van der Waals surface area (Å²) in [5.74, 6) is -2.30. The molecule has 13 heavy (non-hydrogen) atoms. The molecule has 0 atom stereocenters. The zero-order valence-corrected chi connectivity index (χ0v) is 6.74. The van der Waals surface area contributed by atoms with Crippen molar-refractivity contribution in [1.29, 1.82) is 0 Å². The molecule has 0 fully saturated rings. The highest BCUT2D eigenvalue weighted by molar-refractivity contribution is 6.48. The summed E-state index contributed by atoms with van der Waals surface area (Å²) in [5.41, 5.74) is -1.60. The van der Waals surface area contributed by atoms with Gasteiger partial charge in [-0.1, -0.05) is 11.6 Å². The average molecular weight is 211 g/mol. The van der Waals surface area contributed by atoms with E-state index in [0.29, 0.717) is 12.2 Å². The number of rotatable bonds is 0. The van der Waals surface area contributed by atoms with Crippen LogP contribution in [0.4, 0.5) is 13.2 Å². The molecule has 0 saturated carbocycles. The van der Waals surface area contributed by atoms with E-state index in [0.717, 1.165) is 0 Å². The molecule has 70 valence electrons. The Labute approximate surface area is 75.7 Å². The summed E-state index contributed by atoms with van der Waals surface area (Å²) < 4.78 is 36.2. The third-order valence-electron chi connectivity index (χ3n) is 1.35. The summed E-state index contributed by atoms with van der Waals surface area (Å²) in [4.78, 5) is 21.4. The number of ketones is 2. The first-order valence-corrected chi connectivity index (χ1v) is 3.45. The van der Waals surface area contributed by atoms with Gasteiger partial charge in [-0.15, -0.1) is 0 Å². The molecule has 2 nitrogen and oxygen atoms in total. The third kappa shape index (κ3) is 1.80. The summed E-state index contributed by atoms with van der Waals surface area (Å²) in [6.45, 7) is 0. The van der Waals surface area contributed by atoms with Gasteiger partial charge >= 0.3 is 6.18 Å². The van der Waals surface area contributed by atoms with Crippen molar-refractivity contribution in [1.82, 2.24) is 0 Å². The van der Waals surface area contributed by atoms with Crippen LogP contribution in [-0.2, 0) is 9.59 Å². The van der Waals surface area contributed by atoms with Crippen molar-refractivity contribution >= 4 is 23.2 Å². The van der Waals surface area contributed by atoms with E-state index in [1.54, 1.807) is 0 Å². The molecular formula is C7H2ClF3O2. The summed E-state index contributed by atoms with van der Waals surface area (Å²) in [5, 5.41) is -1.07. The lowest BCUT2D eigenvalue weighted by Gasteiger charge is -2.12. The van der Waals surface area contributed by atoms with Crippen LogP contribution in [0.25, 0.3) is 0 Å². The van der Waals surface area contributed by atoms with Crippen molar-refractivity contribution < 1.29 is 22.8 Å². The molecule has 0 bridgehead atoms. The Morgan fingerprint density at radius 1 is 1.08 bits per heavy atom. The Morgan fingerprint density at radius 2 is 1.54 bits per heavy atom. The fourth-order valence-electron chi connectivity index (χ4n) is 0.803. The summed E-state index contributed by atoms with van der Waals surface area (Å²) in [7, 11) is 0. The number of hydrogen-bond donors (Lipinski definition) is 0. The number of allylic oxidation sites excluding steroid dienone is 4. The van der Waals surface area contributed by atoms with Crippen LogP contribution in [0, 0.1) is 0 Å². The van der Waals surface area contributed by atoms with E-state index in [4.69, 9.17) is 11.6 Å². The minimum absolute atomic E-state index is 0.553. The van der Waals surface area contributed by atoms with Crippen molar-refractivity contribution in [3.8, 4) is 0 Å². The molecule has 0 aromatic rings. The summed E-state index contributed by atoms with van der Waals surface area (Å²) >= 11 is 5.05. The van der Waals surface area contributed by atoms with Gasteiger partial charge in [0.05, 0.1) is 0 Å². The van der Waals surface area contributed by atoms with E-state index in [1.807, 2.05) is 0 Å². The second-order valence-electron chi connectivity index (χ2n) is 2.25. The van der Waals surface area contributed by atoms with Crippen LogP contribution in [0.5, 0.6) is 0 Å². The first-order chi connectivity index (χ1) is 5.84. The van der Waals surface area contributed by atoms with Crippen LogP contribution in [-0.4, -0.2) is 17.7 Å². The lowest BCUT2D eigenvalue weighted by Crippen LogP contribution is -2.24. The van der Waals surface area contributed by atoms with E-state index in [2.05, 4.69) is 0 Å². The number of alkyl halides is 3. The second-order valence-corrected chi connectivity index (χ2v) is 2.63. The van der Waals surface area contributed by atoms with E-state index < -0.39 is 28.3 Å². The number of carbonyl (C=O) groups excluding carboxylic acids is 2. The molecule has 1 rings (SSSR count). The van der Waals surface area contributed by atoms with Gasteiger partial charge in [-0.3, -0.25) is 9.59 Å². The summed E-state index contributed by atoms with van der Waals surface area (Å²) in [6, 6.07) is 0. The second kappa shape index (κ2) is 2.99. The molecule has 0 saturated heterocycles. The van der Waals surface area contributed by atoms with Crippen LogP contribution in [0.15, 0.2) is 22.8 Å². The largest absolute Gasteiger partial charge is 0.421 e.